The summed E-state index contributed by atoms with van der Waals surface area (Å²) in [6, 6.07) is 16.9. The van der Waals surface area contributed by atoms with Crippen molar-refractivity contribution in [1.82, 2.24) is 10.2 Å². The molecule has 164 valence electrons. The highest BCUT2D eigenvalue weighted by atomic mass is 32.1. The van der Waals surface area contributed by atoms with Gasteiger partial charge in [-0.1, -0.05) is 55.5 Å². The second kappa shape index (κ2) is 11.1. The van der Waals surface area contributed by atoms with Gasteiger partial charge in [0.25, 0.3) is 5.91 Å². The average molecular weight is 449 g/mol. The Morgan fingerprint density at radius 1 is 1.16 bits per heavy atom. The van der Waals surface area contributed by atoms with Crippen molar-refractivity contribution >= 4 is 28.5 Å². The molecule has 0 aliphatic heterocycles. The molecule has 3 aromatic rings. The van der Waals surface area contributed by atoms with Crippen molar-refractivity contribution in [3.8, 4) is 17.6 Å². The van der Waals surface area contributed by atoms with Gasteiger partial charge < -0.3 is 9.47 Å². The maximum absolute atomic E-state index is 12.6. The van der Waals surface area contributed by atoms with Crippen molar-refractivity contribution in [1.29, 1.82) is 5.26 Å². The van der Waals surface area contributed by atoms with E-state index in [0.717, 1.165) is 16.3 Å². The molecule has 0 aliphatic carbocycles. The number of ether oxygens (including phenoxy) is 2. The van der Waals surface area contributed by atoms with Crippen molar-refractivity contribution < 1.29 is 14.3 Å². The number of carbonyl (C=O) groups is 1. The molecule has 0 atom stereocenters. The van der Waals surface area contributed by atoms with Crippen LogP contribution in [0.4, 0.5) is 5.13 Å². The lowest BCUT2D eigenvalue weighted by molar-refractivity contribution is -0.112. The molecule has 1 amide bonds. The number of rotatable bonds is 9. The van der Waals surface area contributed by atoms with E-state index in [-0.39, 0.29) is 11.5 Å². The van der Waals surface area contributed by atoms with Crippen molar-refractivity contribution in [2.75, 3.05) is 18.5 Å². The van der Waals surface area contributed by atoms with E-state index in [0.29, 0.717) is 29.7 Å². The maximum atomic E-state index is 12.6. The largest absolute Gasteiger partial charge is 0.490 e. The molecule has 1 N–H and O–H groups in total. The van der Waals surface area contributed by atoms with Gasteiger partial charge in [0.2, 0.25) is 5.13 Å². The number of aryl methyl sites for hydroxylation is 1. The summed E-state index contributed by atoms with van der Waals surface area (Å²) in [5.74, 6) is 1.00. The average Bonchev–Trinajstić information content (AvgIpc) is 3.24. The molecule has 8 heteroatoms. The molecule has 0 unspecified atom stereocenters. The highest BCUT2D eigenvalue weighted by molar-refractivity contribution is 7.15. The van der Waals surface area contributed by atoms with E-state index in [4.69, 9.17) is 9.47 Å². The summed E-state index contributed by atoms with van der Waals surface area (Å²) in [5.41, 5.74) is 1.68. The lowest BCUT2D eigenvalue weighted by Gasteiger charge is -2.11. The van der Waals surface area contributed by atoms with E-state index in [9.17, 15) is 10.1 Å². The van der Waals surface area contributed by atoms with Crippen LogP contribution in [0.3, 0.4) is 0 Å². The number of para-hydroxylation sites is 1. The third-order valence-corrected chi connectivity index (χ3v) is 5.48. The number of carbonyl (C=O) groups excluding carboxylic acids is 1. The van der Waals surface area contributed by atoms with Gasteiger partial charge in [-0.3, -0.25) is 10.1 Å². The molecule has 0 saturated carbocycles. The van der Waals surface area contributed by atoms with Gasteiger partial charge in [-0.05, 0) is 36.8 Å². The van der Waals surface area contributed by atoms with Gasteiger partial charge in [0.05, 0.1) is 0 Å². The van der Waals surface area contributed by atoms with E-state index >= 15 is 0 Å². The molecule has 7 nitrogen and oxygen atoms in total. The van der Waals surface area contributed by atoms with Gasteiger partial charge in [0.15, 0.2) is 0 Å². The topological polar surface area (TPSA) is 97.1 Å². The van der Waals surface area contributed by atoms with Gasteiger partial charge in [0.1, 0.15) is 41.4 Å². The molecule has 0 aliphatic rings. The van der Waals surface area contributed by atoms with E-state index in [1.165, 1.54) is 17.4 Å². The molecule has 2 aromatic carbocycles. The summed E-state index contributed by atoms with van der Waals surface area (Å²) in [6.45, 7) is 6.67. The SMILES string of the molecule is Cc1cccc(OCCOc2ccccc2/C=C(/C#N)C(=O)Nc2nnc(C(C)C)s2)c1. The minimum atomic E-state index is -0.545. The van der Waals surface area contributed by atoms with Gasteiger partial charge in [-0.2, -0.15) is 5.26 Å². The smallest absolute Gasteiger partial charge is 0.268 e. The summed E-state index contributed by atoms with van der Waals surface area (Å²) < 4.78 is 11.5. The lowest BCUT2D eigenvalue weighted by Crippen LogP contribution is -2.13. The Labute approximate surface area is 191 Å². The number of hydrogen-bond acceptors (Lipinski definition) is 7. The maximum Gasteiger partial charge on any atom is 0.268 e. The summed E-state index contributed by atoms with van der Waals surface area (Å²) >= 11 is 1.29. The lowest BCUT2D eigenvalue weighted by atomic mass is 10.1. The molecule has 0 spiro atoms. The quantitative estimate of drug-likeness (QED) is 0.282. The first kappa shape index (κ1) is 23.0. The van der Waals surface area contributed by atoms with E-state index < -0.39 is 5.91 Å². The molecule has 3 rings (SSSR count). The zero-order chi connectivity index (χ0) is 22.9. The third kappa shape index (κ3) is 6.40. The predicted molar refractivity (Wildman–Crippen MR) is 125 cm³/mol. The number of amides is 1. The second-order valence-electron chi connectivity index (χ2n) is 7.28. The predicted octanol–water partition coefficient (Wildman–Crippen LogP) is 4.97. The Bertz CT molecular complexity index is 1150. The Hall–Kier alpha value is -3.70. The highest BCUT2D eigenvalue weighted by Crippen LogP contribution is 2.24. The van der Waals surface area contributed by atoms with Crippen molar-refractivity contribution in [3.05, 3.63) is 70.2 Å². The molecule has 0 saturated heterocycles. The molecule has 1 aromatic heterocycles. The normalized spacial score (nSPS) is 11.2. The Kier molecular flexibility index (Phi) is 7.95. The Morgan fingerprint density at radius 3 is 2.66 bits per heavy atom. The summed E-state index contributed by atoms with van der Waals surface area (Å²) in [7, 11) is 0. The molecular formula is C24H24N4O3S. The van der Waals surface area contributed by atoms with Crippen LogP contribution >= 0.6 is 11.3 Å². The van der Waals surface area contributed by atoms with Crippen LogP contribution in [0, 0.1) is 18.3 Å². The number of benzene rings is 2. The number of anilines is 1. The van der Waals surface area contributed by atoms with Gasteiger partial charge in [0, 0.05) is 11.5 Å². The summed E-state index contributed by atoms with van der Waals surface area (Å²) in [4.78, 5) is 12.6. The monoisotopic (exact) mass is 448 g/mol. The number of nitrogens with one attached hydrogen (secondary N) is 1. The van der Waals surface area contributed by atoms with Crippen LogP contribution in [0.5, 0.6) is 11.5 Å². The van der Waals surface area contributed by atoms with E-state index in [1.807, 2.05) is 63.2 Å². The van der Waals surface area contributed by atoms with Crippen molar-refractivity contribution in [2.45, 2.75) is 26.7 Å². The standard InChI is InChI=1S/C24H24N4O3S/c1-16(2)23-27-28-24(32-23)26-22(29)19(15-25)14-18-8-4-5-10-21(18)31-12-11-30-20-9-6-7-17(3)13-20/h4-10,13-14,16H,11-12H2,1-3H3,(H,26,28,29)/b19-14-. The highest BCUT2D eigenvalue weighted by Gasteiger charge is 2.15. The third-order valence-electron chi connectivity index (χ3n) is 4.34. The van der Waals surface area contributed by atoms with Gasteiger partial charge >= 0.3 is 0 Å². The van der Waals surface area contributed by atoms with Crippen molar-refractivity contribution in [3.63, 3.8) is 0 Å². The molecule has 0 bridgehead atoms. The first-order valence-electron chi connectivity index (χ1n) is 10.1. The first-order chi connectivity index (χ1) is 15.5. The zero-order valence-corrected chi connectivity index (χ0v) is 19.0. The van der Waals surface area contributed by atoms with E-state index in [1.54, 1.807) is 12.1 Å². The van der Waals surface area contributed by atoms with Crippen LogP contribution in [-0.2, 0) is 4.79 Å². The molecule has 32 heavy (non-hydrogen) atoms. The fourth-order valence-corrected chi connectivity index (χ4v) is 3.48. The van der Waals surface area contributed by atoms with Gasteiger partial charge in [-0.25, -0.2) is 0 Å². The molecular weight excluding hydrogens is 424 g/mol. The Morgan fingerprint density at radius 2 is 1.94 bits per heavy atom. The summed E-state index contributed by atoms with van der Waals surface area (Å²) in [5, 5.41) is 21.3. The van der Waals surface area contributed by atoms with Crippen LogP contribution < -0.4 is 14.8 Å². The van der Waals surface area contributed by atoms with E-state index in [2.05, 4.69) is 15.5 Å². The van der Waals surface area contributed by atoms with Crippen LogP contribution in [0.1, 0.15) is 35.9 Å². The molecule has 0 radical (unpaired) electrons. The molecule has 1 heterocycles. The second-order valence-corrected chi connectivity index (χ2v) is 8.28. The van der Waals surface area contributed by atoms with Crippen LogP contribution in [0.2, 0.25) is 0 Å². The van der Waals surface area contributed by atoms with Crippen LogP contribution in [0.15, 0.2) is 54.1 Å². The van der Waals surface area contributed by atoms with Crippen LogP contribution in [-0.4, -0.2) is 29.3 Å². The fourth-order valence-electron chi connectivity index (χ4n) is 2.73. The number of aromatic nitrogens is 2. The summed E-state index contributed by atoms with van der Waals surface area (Å²) in [6.07, 6.45) is 1.50. The minimum absolute atomic E-state index is 0.0571. The van der Waals surface area contributed by atoms with Crippen molar-refractivity contribution in [2.24, 2.45) is 0 Å². The fraction of sp³-hybridized carbons (Fsp3) is 0.250. The zero-order valence-electron chi connectivity index (χ0n) is 18.2. The Balaban J connectivity index is 1.64. The number of hydrogen-bond donors (Lipinski definition) is 1. The van der Waals surface area contributed by atoms with Gasteiger partial charge in [-0.15, -0.1) is 10.2 Å². The number of nitrogens with zero attached hydrogens (tertiary/aromatic N) is 3. The first-order valence-corrected chi connectivity index (χ1v) is 11.0. The number of nitriles is 1. The molecule has 0 fully saturated rings. The van der Waals surface area contributed by atoms with Crippen LogP contribution in [0.25, 0.3) is 6.08 Å². The minimum Gasteiger partial charge on any atom is -0.490 e.